The van der Waals surface area contributed by atoms with Crippen LogP contribution in [0.2, 0.25) is 0 Å². The molecule has 0 spiro atoms. The van der Waals surface area contributed by atoms with Crippen molar-refractivity contribution in [3.05, 3.63) is 70.3 Å². The Labute approximate surface area is 200 Å². The van der Waals surface area contributed by atoms with Gasteiger partial charge in [-0.15, -0.1) is 21.5 Å². The normalized spacial score (nSPS) is 15.1. The molecule has 0 bridgehead atoms. The Morgan fingerprint density at radius 3 is 2.76 bits per heavy atom. The minimum Gasteiger partial charge on any atom is -0.311 e. The van der Waals surface area contributed by atoms with Gasteiger partial charge in [0, 0.05) is 34.8 Å². The number of benzene rings is 2. The highest BCUT2D eigenvalue weighted by Crippen LogP contribution is 2.41. The molecule has 0 radical (unpaired) electrons. The van der Waals surface area contributed by atoms with Gasteiger partial charge in [-0.25, -0.2) is 4.98 Å². The van der Waals surface area contributed by atoms with Gasteiger partial charge in [-0.3, -0.25) is 9.36 Å². The van der Waals surface area contributed by atoms with Crippen LogP contribution in [0.5, 0.6) is 0 Å². The maximum atomic E-state index is 13.2. The van der Waals surface area contributed by atoms with Gasteiger partial charge in [0.1, 0.15) is 5.82 Å². The molecular formula is C25H23N5OS2. The number of carbonyl (C=O) groups is 1. The lowest BCUT2D eigenvalue weighted by Gasteiger charge is -2.17. The van der Waals surface area contributed by atoms with Crippen LogP contribution < -0.4 is 4.90 Å². The second-order valence-corrected chi connectivity index (χ2v) is 10.5. The highest BCUT2D eigenvalue weighted by molar-refractivity contribution is 7.99. The Kier molecular flexibility index (Phi) is 5.27. The first kappa shape index (κ1) is 20.6. The van der Waals surface area contributed by atoms with Crippen molar-refractivity contribution in [1.29, 1.82) is 0 Å². The number of nitrogens with zero attached hydrogens (tertiary/aromatic N) is 5. The summed E-state index contributed by atoms with van der Waals surface area (Å²) >= 11 is 3.13. The van der Waals surface area contributed by atoms with Crippen molar-refractivity contribution in [3.63, 3.8) is 0 Å². The van der Waals surface area contributed by atoms with Crippen molar-refractivity contribution in [2.45, 2.75) is 37.3 Å². The second-order valence-electron chi connectivity index (χ2n) is 8.47. The fourth-order valence-corrected chi connectivity index (χ4v) is 5.78. The fraction of sp³-hybridized carbons (Fsp3) is 0.280. The molecule has 6 nitrogen and oxygen atoms in total. The number of thiazole rings is 1. The van der Waals surface area contributed by atoms with Gasteiger partial charge in [0.05, 0.1) is 16.5 Å². The molecule has 8 heteroatoms. The van der Waals surface area contributed by atoms with Crippen LogP contribution in [0.1, 0.15) is 35.2 Å². The topological polar surface area (TPSA) is 63.9 Å². The molecule has 6 rings (SSSR count). The van der Waals surface area contributed by atoms with E-state index in [4.69, 9.17) is 0 Å². The lowest BCUT2D eigenvalue weighted by molar-refractivity contribution is -0.116. The summed E-state index contributed by atoms with van der Waals surface area (Å²) in [4.78, 5) is 19.7. The van der Waals surface area contributed by atoms with Crippen LogP contribution in [0, 0.1) is 6.92 Å². The number of hydrogen-bond acceptors (Lipinski definition) is 6. The van der Waals surface area contributed by atoms with Crippen molar-refractivity contribution in [2.75, 3.05) is 17.2 Å². The van der Waals surface area contributed by atoms with E-state index in [0.717, 1.165) is 57.9 Å². The van der Waals surface area contributed by atoms with Gasteiger partial charge in [0.25, 0.3) is 0 Å². The number of hydrogen-bond donors (Lipinski definition) is 0. The monoisotopic (exact) mass is 473 g/mol. The minimum absolute atomic E-state index is 0.103. The summed E-state index contributed by atoms with van der Waals surface area (Å²) in [6, 6.07) is 16.5. The van der Waals surface area contributed by atoms with E-state index in [1.165, 1.54) is 17.3 Å². The zero-order chi connectivity index (χ0) is 22.4. The van der Waals surface area contributed by atoms with E-state index in [0.29, 0.717) is 18.2 Å². The average molecular weight is 474 g/mol. The fourth-order valence-electron chi connectivity index (χ4n) is 4.32. The molecule has 1 fully saturated rings. The van der Waals surface area contributed by atoms with Crippen LogP contribution in [-0.2, 0) is 11.2 Å². The quantitative estimate of drug-likeness (QED) is 0.358. The smallest absolute Gasteiger partial charge is 0.237 e. The number of aromatic nitrogens is 4. The lowest BCUT2D eigenvalue weighted by atomic mass is 10.1. The molecule has 2 aliphatic rings. The summed E-state index contributed by atoms with van der Waals surface area (Å²) in [5.74, 6) is 1.92. The SMILES string of the molecule is Cc1nc(-c2ccc3c(c2)CCN3C(=O)CSc2nnc(C3CC3)n2-c2ccccc2)cs1. The first-order valence-corrected chi connectivity index (χ1v) is 13.0. The number of para-hydroxylation sites is 1. The van der Waals surface area contributed by atoms with E-state index < -0.39 is 0 Å². The molecule has 2 aromatic heterocycles. The highest BCUT2D eigenvalue weighted by atomic mass is 32.2. The average Bonchev–Trinajstić information content (AvgIpc) is 3.25. The van der Waals surface area contributed by atoms with Crippen LogP contribution in [0.25, 0.3) is 16.9 Å². The molecule has 0 atom stereocenters. The van der Waals surface area contributed by atoms with Crippen molar-refractivity contribution in [3.8, 4) is 16.9 Å². The van der Waals surface area contributed by atoms with Gasteiger partial charge < -0.3 is 4.90 Å². The maximum Gasteiger partial charge on any atom is 0.237 e. The first-order valence-electron chi connectivity index (χ1n) is 11.2. The van der Waals surface area contributed by atoms with Crippen LogP contribution in [0.4, 0.5) is 5.69 Å². The second kappa shape index (κ2) is 8.43. The van der Waals surface area contributed by atoms with Crippen LogP contribution in [0.3, 0.4) is 0 Å². The number of aryl methyl sites for hydroxylation is 1. The third-order valence-electron chi connectivity index (χ3n) is 6.13. The summed E-state index contributed by atoms with van der Waals surface area (Å²) in [6.45, 7) is 2.73. The zero-order valence-corrected chi connectivity index (χ0v) is 19.9. The molecular weight excluding hydrogens is 450 g/mol. The maximum absolute atomic E-state index is 13.2. The van der Waals surface area contributed by atoms with Gasteiger partial charge in [0.2, 0.25) is 5.91 Å². The lowest BCUT2D eigenvalue weighted by Crippen LogP contribution is -2.30. The van der Waals surface area contributed by atoms with Gasteiger partial charge >= 0.3 is 0 Å². The summed E-state index contributed by atoms with van der Waals surface area (Å²) in [6.07, 6.45) is 3.18. The highest BCUT2D eigenvalue weighted by Gasteiger charge is 2.32. The van der Waals surface area contributed by atoms with Crippen molar-refractivity contribution >= 4 is 34.7 Å². The standard InChI is InChI=1S/C25H23N5OS2/c1-16-26-21(14-32-16)18-9-10-22-19(13-18)11-12-29(22)23(31)15-33-25-28-27-24(17-7-8-17)30(25)20-5-3-2-4-6-20/h2-6,9-10,13-14,17H,7-8,11-12,15H2,1H3. The molecule has 3 heterocycles. The molecule has 0 saturated heterocycles. The number of rotatable bonds is 6. The van der Waals surface area contributed by atoms with Crippen LogP contribution >= 0.6 is 23.1 Å². The van der Waals surface area contributed by atoms with Gasteiger partial charge in [-0.05, 0) is 56.0 Å². The third-order valence-corrected chi connectivity index (χ3v) is 7.82. The largest absolute Gasteiger partial charge is 0.311 e. The Bertz CT molecular complexity index is 1330. The number of amides is 1. The molecule has 166 valence electrons. The summed E-state index contributed by atoms with van der Waals surface area (Å²) in [5, 5.41) is 12.8. The van der Waals surface area contributed by atoms with E-state index >= 15 is 0 Å². The predicted molar refractivity (Wildman–Crippen MR) is 132 cm³/mol. The van der Waals surface area contributed by atoms with E-state index in [1.807, 2.05) is 30.0 Å². The van der Waals surface area contributed by atoms with E-state index in [9.17, 15) is 4.79 Å². The van der Waals surface area contributed by atoms with E-state index in [1.54, 1.807) is 11.3 Å². The predicted octanol–water partition coefficient (Wildman–Crippen LogP) is 5.26. The third kappa shape index (κ3) is 3.98. The molecule has 1 saturated carbocycles. The minimum atomic E-state index is 0.103. The van der Waals surface area contributed by atoms with Gasteiger partial charge in [-0.2, -0.15) is 0 Å². The number of thioether (sulfide) groups is 1. The summed E-state index contributed by atoms with van der Waals surface area (Å²) < 4.78 is 2.12. The molecule has 1 aliphatic heterocycles. The molecule has 2 aromatic carbocycles. The summed E-state index contributed by atoms with van der Waals surface area (Å²) in [5.41, 5.74) is 5.40. The molecule has 0 unspecified atom stereocenters. The zero-order valence-electron chi connectivity index (χ0n) is 18.3. The molecule has 4 aromatic rings. The first-order chi connectivity index (χ1) is 16.2. The van der Waals surface area contributed by atoms with Crippen molar-refractivity contribution in [1.82, 2.24) is 19.7 Å². The van der Waals surface area contributed by atoms with Crippen LogP contribution in [0.15, 0.2) is 59.1 Å². The molecule has 1 aliphatic carbocycles. The number of anilines is 1. The number of fused-ring (bicyclic) bond motifs is 1. The Balaban J connectivity index is 1.20. The molecule has 1 amide bonds. The Morgan fingerprint density at radius 2 is 2.00 bits per heavy atom. The van der Waals surface area contributed by atoms with E-state index in [2.05, 4.69) is 55.5 Å². The number of carbonyl (C=O) groups excluding carboxylic acids is 1. The van der Waals surface area contributed by atoms with Crippen molar-refractivity contribution in [2.24, 2.45) is 0 Å². The van der Waals surface area contributed by atoms with E-state index in [-0.39, 0.29) is 5.91 Å². The van der Waals surface area contributed by atoms with Crippen molar-refractivity contribution < 1.29 is 4.79 Å². The van der Waals surface area contributed by atoms with Crippen LogP contribution in [-0.4, -0.2) is 38.0 Å². The Hall–Kier alpha value is -2.97. The van der Waals surface area contributed by atoms with Gasteiger partial charge in [-0.1, -0.05) is 36.0 Å². The van der Waals surface area contributed by atoms with Gasteiger partial charge in [0.15, 0.2) is 5.16 Å². The summed E-state index contributed by atoms with van der Waals surface area (Å²) in [7, 11) is 0. The Morgan fingerprint density at radius 1 is 1.15 bits per heavy atom. The molecule has 0 N–H and O–H groups in total. The molecule has 33 heavy (non-hydrogen) atoms.